The van der Waals surface area contributed by atoms with Crippen molar-refractivity contribution in [3.8, 4) is 0 Å². The van der Waals surface area contributed by atoms with Crippen molar-refractivity contribution in [1.82, 2.24) is 21.0 Å². The Labute approximate surface area is 350 Å². The third kappa shape index (κ3) is 12.3. The number of likely N-dealkylation sites (N-methyl/N-ethyl adjacent to an activating group) is 1. The molecule has 0 radical (unpaired) electrons. The summed E-state index contributed by atoms with van der Waals surface area (Å²) in [6.07, 6.45) is 13.9. The molecule has 13 nitrogen and oxygen atoms in total. The molecule has 3 fully saturated rings. The Hall–Kier alpha value is -4.01. The van der Waals surface area contributed by atoms with Crippen molar-refractivity contribution in [3.63, 3.8) is 0 Å². The van der Waals surface area contributed by atoms with E-state index in [1.165, 1.54) is 4.90 Å². The van der Waals surface area contributed by atoms with Gasteiger partial charge in [0.2, 0.25) is 23.2 Å². The Morgan fingerprint density at radius 1 is 0.746 bits per heavy atom. The number of rotatable bonds is 22. The van der Waals surface area contributed by atoms with E-state index >= 15 is 9.59 Å². The quantitative estimate of drug-likeness (QED) is 0.0569. The minimum absolute atomic E-state index is 0.204. The molecule has 3 amide bonds. The minimum Gasteiger partial charge on any atom is -0.343 e. The van der Waals surface area contributed by atoms with Crippen LogP contribution in [0.15, 0.2) is 60.7 Å². The van der Waals surface area contributed by atoms with Gasteiger partial charge in [0.15, 0.2) is 5.78 Å². The van der Waals surface area contributed by atoms with Gasteiger partial charge in [-0.1, -0.05) is 125 Å². The van der Waals surface area contributed by atoms with Crippen LogP contribution in [0.2, 0.25) is 0 Å². The second-order valence-electron chi connectivity index (χ2n) is 17.1. The lowest BCUT2D eigenvalue weighted by molar-refractivity contribution is -0.180. The van der Waals surface area contributed by atoms with Crippen molar-refractivity contribution in [2.75, 3.05) is 20.1 Å². The predicted octanol–water partition coefficient (Wildman–Crippen LogP) is 4.10. The van der Waals surface area contributed by atoms with Crippen LogP contribution in [0.25, 0.3) is 0 Å². The molecule has 59 heavy (non-hydrogen) atoms. The molecule has 9 N–H and O–H groups in total. The smallest absolute Gasteiger partial charge is 0.260 e. The largest absolute Gasteiger partial charge is 0.343 e. The molecule has 13 heteroatoms. The average molecular weight is 816 g/mol. The molecule has 1 saturated heterocycles. The number of unbranched alkanes of at least 4 members (excludes halogenated alkanes) is 1. The Morgan fingerprint density at radius 3 is 1.93 bits per heavy atom. The molecule has 0 spiro atoms. The lowest BCUT2D eigenvalue weighted by atomic mass is 9.76. The number of ketones is 2. The van der Waals surface area contributed by atoms with Gasteiger partial charge in [0, 0.05) is 12.1 Å². The maximum Gasteiger partial charge on any atom is 0.260 e. The van der Waals surface area contributed by atoms with E-state index in [0.29, 0.717) is 57.4 Å². The summed E-state index contributed by atoms with van der Waals surface area (Å²) in [6, 6.07) is 13.3. The van der Waals surface area contributed by atoms with Gasteiger partial charge >= 0.3 is 0 Å². The van der Waals surface area contributed by atoms with Gasteiger partial charge in [-0.05, 0) is 82.4 Å². The van der Waals surface area contributed by atoms with Gasteiger partial charge in [0.1, 0.15) is 6.04 Å². The molecule has 2 aliphatic carbocycles. The van der Waals surface area contributed by atoms with Gasteiger partial charge in [0.25, 0.3) is 5.91 Å². The second-order valence-corrected chi connectivity index (χ2v) is 17.1. The van der Waals surface area contributed by atoms with Crippen LogP contribution in [-0.2, 0) is 40.8 Å². The van der Waals surface area contributed by atoms with Crippen LogP contribution in [0.5, 0.6) is 0 Å². The summed E-state index contributed by atoms with van der Waals surface area (Å²) in [5.74, 6) is -2.27. The van der Waals surface area contributed by atoms with Crippen LogP contribution in [-0.4, -0.2) is 84.5 Å². The normalized spacial score (nSPS) is 20.8. The minimum atomic E-state index is -2.38. The highest BCUT2D eigenvalue weighted by molar-refractivity contribution is 6.15. The molecule has 1 aliphatic heterocycles. The molecule has 2 saturated carbocycles. The van der Waals surface area contributed by atoms with E-state index in [4.69, 9.17) is 22.0 Å². The Balaban J connectivity index is 1.46. The number of carbonyl (C=O) groups excluding carboxylic acids is 5. The van der Waals surface area contributed by atoms with Crippen molar-refractivity contribution < 1.29 is 28.8 Å². The summed E-state index contributed by atoms with van der Waals surface area (Å²) in [4.78, 5) is 80.5. The molecule has 324 valence electrons. The molecular formula is C46H69N7O6. The second kappa shape index (κ2) is 23.1. The van der Waals surface area contributed by atoms with E-state index in [1.54, 1.807) is 37.4 Å². The van der Waals surface area contributed by atoms with Gasteiger partial charge in [-0.3, -0.25) is 24.0 Å². The van der Waals surface area contributed by atoms with Crippen molar-refractivity contribution >= 4 is 29.3 Å². The molecule has 2 aromatic carbocycles. The maximum atomic E-state index is 15.5. The number of likely N-dealkylation sites (tertiary alicyclic amines) is 1. The lowest BCUT2D eigenvalue weighted by Gasteiger charge is -2.38. The van der Waals surface area contributed by atoms with Gasteiger partial charge in [-0.2, -0.15) is 0 Å². The van der Waals surface area contributed by atoms with Gasteiger partial charge in [0.05, 0.1) is 24.2 Å². The van der Waals surface area contributed by atoms with Crippen molar-refractivity contribution in [2.24, 2.45) is 29.0 Å². The number of benzene rings is 2. The monoisotopic (exact) mass is 816 g/mol. The number of nitrogens with zero attached hydrogens (tertiary/aromatic N) is 1. The molecule has 1 unspecified atom stereocenters. The zero-order chi connectivity index (χ0) is 42.2. The SMILES string of the molecule is CN[C@@H](Cc1ccccc1)C(=O)N[C@@H](CCCCN)C(=O)N1CCC[C@H]1C(=O)C(ONC(=O)[C@@H](N)CC1CCCCC1)(C(=O)[C@H](N)CC1CCCCC1)c1ccccc1. The number of Topliss-reactive ketones (excluding diaryl/α,β-unsaturated/α-hetero) is 2. The lowest BCUT2D eigenvalue weighted by Crippen LogP contribution is -2.62. The van der Waals surface area contributed by atoms with Crippen LogP contribution in [0.3, 0.4) is 0 Å². The Bertz CT molecular complexity index is 1650. The van der Waals surface area contributed by atoms with Crippen LogP contribution in [0, 0.1) is 11.8 Å². The molecule has 0 bridgehead atoms. The first-order valence-electron chi connectivity index (χ1n) is 22.2. The molecule has 0 aromatic heterocycles. The highest BCUT2D eigenvalue weighted by Gasteiger charge is 2.56. The first-order chi connectivity index (χ1) is 28.6. The fourth-order valence-corrected chi connectivity index (χ4v) is 9.42. The summed E-state index contributed by atoms with van der Waals surface area (Å²) < 4.78 is 0. The number of amides is 3. The topological polar surface area (TPSA) is 212 Å². The first-order valence-corrected chi connectivity index (χ1v) is 22.2. The maximum absolute atomic E-state index is 15.5. The third-order valence-electron chi connectivity index (χ3n) is 12.8. The van der Waals surface area contributed by atoms with Gasteiger partial charge < -0.3 is 32.7 Å². The van der Waals surface area contributed by atoms with Crippen molar-refractivity contribution in [2.45, 2.75) is 151 Å². The molecule has 2 aromatic rings. The summed E-state index contributed by atoms with van der Waals surface area (Å²) in [6.45, 7) is 0.646. The standard InChI is InChI=1S/C46H69N7O6/c1-50-39(31-34-21-10-4-11-22-34)44(57)51-38(25-14-15-27-47)45(58)53-28-16-26-40(53)42(55)46(35-23-12-5-13-24-35,41(54)36(48)29-32-17-6-2-7-18-32)59-52-43(56)37(49)30-33-19-8-3-9-20-33/h4-5,10-13,21-24,32-33,36-40,50H,2-3,6-9,14-20,25-31,47-49H2,1H3,(H,51,57)(H,52,56)/t36-,37+,38+,39+,40+,46?/m1/s1. The number of hydrogen-bond donors (Lipinski definition) is 6. The number of hydroxylamine groups is 1. The molecule has 1 heterocycles. The van der Waals surface area contributed by atoms with E-state index in [-0.39, 0.29) is 30.4 Å². The van der Waals surface area contributed by atoms with Gasteiger partial charge in [-0.15, -0.1) is 0 Å². The van der Waals surface area contributed by atoms with Gasteiger partial charge in [-0.25, -0.2) is 10.3 Å². The summed E-state index contributed by atoms with van der Waals surface area (Å²) in [7, 11) is 1.70. The van der Waals surface area contributed by atoms with Crippen molar-refractivity contribution in [3.05, 3.63) is 71.8 Å². The van der Waals surface area contributed by atoms with E-state index in [0.717, 1.165) is 69.8 Å². The summed E-state index contributed by atoms with van der Waals surface area (Å²) >= 11 is 0. The number of nitrogens with one attached hydrogen (secondary N) is 3. The first kappa shape index (κ1) is 46.1. The number of carbonyl (C=O) groups is 5. The fraction of sp³-hybridized carbons (Fsp3) is 0.630. The van der Waals surface area contributed by atoms with Crippen LogP contribution in [0.1, 0.15) is 120 Å². The third-order valence-corrected chi connectivity index (χ3v) is 12.8. The predicted molar refractivity (Wildman–Crippen MR) is 228 cm³/mol. The average Bonchev–Trinajstić information content (AvgIpc) is 3.76. The zero-order valence-corrected chi connectivity index (χ0v) is 35.1. The Morgan fingerprint density at radius 2 is 1.34 bits per heavy atom. The highest BCUT2D eigenvalue weighted by Crippen LogP contribution is 2.37. The zero-order valence-electron chi connectivity index (χ0n) is 35.1. The van der Waals surface area contributed by atoms with E-state index in [2.05, 4.69) is 16.1 Å². The van der Waals surface area contributed by atoms with E-state index in [1.807, 2.05) is 30.3 Å². The van der Waals surface area contributed by atoms with Crippen LogP contribution >= 0.6 is 0 Å². The van der Waals surface area contributed by atoms with Crippen LogP contribution < -0.4 is 33.3 Å². The summed E-state index contributed by atoms with van der Waals surface area (Å²) in [5, 5.41) is 6.07. The molecule has 3 aliphatic rings. The van der Waals surface area contributed by atoms with Crippen LogP contribution in [0.4, 0.5) is 0 Å². The molecule has 6 atom stereocenters. The van der Waals surface area contributed by atoms with E-state index in [9.17, 15) is 14.4 Å². The fourth-order valence-electron chi connectivity index (χ4n) is 9.42. The van der Waals surface area contributed by atoms with E-state index < -0.39 is 59.2 Å². The number of nitrogens with two attached hydrogens (primary N) is 3. The molecule has 5 rings (SSSR count). The highest BCUT2D eigenvalue weighted by atomic mass is 16.7. The number of hydrogen-bond acceptors (Lipinski definition) is 10. The Kier molecular flexibility index (Phi) is 18.0. The van der Waals surface area contributed by atoms with Crippen molar-refractivity contribution in [1.29, 1.82) is 0 Å². The summed E-state index contributed by atoms with van der Waals surface area (Å²) in [5.41, 5.74) is 20.3. The molecular weight excluding hydrogens is 747 g/mol.